The highest BCUT2D eigenvalue weighted by Crippen LogP contribution is 2.23. The van der Waals surface area contributed by atoms with E-state index in [1.54, 1.807) is 6.08 Å². The van der Waals surface area contributed by atoms with Gasteiger partial charge in [-0.1, -0.05) is 19.9 Å². The molecule has 0 radical (unpaired) electrons. The largest absolute Gasteiger partial charge is 0.294 e. The average molecular weight is 299 g/mol. The molecule has 3 nitrogen and oxygen atoms in total. The Morgan fingerprint density at radius 3 is 2.65 bits per heavy atom. The van der Waals surface area contributed by atoms with Crippen LogP contribution in [0.1, 0.15) is 38.6 Å². The van der Waals surface area contributed by atoms with Gasteiger partial charge in [0.1, 0.15) is 0 Å². The third-order valence-electron chi connectivity index (χ3n) is 2.58. The SMILES string of the molecule is CC/C=C/C(=O)Cc1c(Br)c(CC)nn1CC. The fraction of sp³-hybridized carbons (Fsp3) is 0.538. The Labute approximate surface area is 111 Å². The normalized spacial score (nSPS) is 11.3. The van der Waals surface area contributed by atoms with Crippen molar-refractivity contribution in [1.29, 1.82) is 0 Å². The molecule has 1 heterocycles. The number of carbonyl (C=O) groups excluding carboxylic acids is 1. The minimum absolute atomic E-state index is 0.129. The molecule has 0 spiro atoms. The molecule has 0 saturated heterocycles. The molecule has 1 aromatic rings. The van der Waals surface area contributed by atoms with Gasteiger partial charge in [0.05, 0.1) is 22.3 Å². The fourth-order valence-electron chi connectivity index (χ4n) is 1.66. The molecule has 0 fully saturated rings. The van der Waals surface area contributed by atoms with Crippen LogP contribution in [0.5, 0.6) is 0 Å². The predicted octanol–water partition coefficient (Wildman–Crippen LogP) is 3.31. The fourth-order valence-corrected chi connectivity index (χ4v) is 2.36. The molecule has 94 valence electrons. The Morgan fingerprint density at radius 2 is 2.12 bits per heavy atom. The number of rotatable bonds is 6. The second-order valence-corrected chi connectivity index (χ2v) is 4.62. The molecule has 1 aromatic heterocycles. The third-order valence-corrected chi connectivity index (χ3v) is 3.49. The van der Waals surface area contributed by atoms with Crippen LogP contribution in [0.3, 0.4) is 0 Å². The quantitative estimate of drug-likeness (QED) is 0.755. The van der Waals surface area contributed by atoms with E-state index >= 15 is 0 Å². The summed E-state index contributed by atoms with van der Waals surface area (Å²) in [5.74, 6) is 0.129. The van der Waals surface area contributed by atoms with Gasteiger partial charge in [-0.05, 0) is 41.8 Å². The first-order valence-corrected chi connectivity index (χ1v) is 6.86. The Morgan fingerprint density at radius 1 is 1.41 bits per heavy atom. The van der Waals surface area contributed by atoms with Gasteiger partial charge in [-0.15, -0.1) is 0 Å². The number of halogens is 1. The first-order valence-electron chi connectivity index (χ1n) is 6.07. The van der Waals surface area contributed by atoms with E-state index in [-0.39, 0.29) is 5.78 Å². The van der Waals surface area contributed by atoms with Crippen LogP contribution in [0.4, 0.5) is 0 Å². The van der Waals surface area contributed by atoms with E-state index in [2.05, 4.69) is 28.0 Å². The van der Waals surface area contributed by atoms with Crippen molar-refractivity contribution < 1.29 is 4.79 Å². The number of carbonyl (C=O) groups is 1. The van der Waals surface area contributed by atoms with Crippen LogP contribution >= 0.6 is 15.9 Å². The van der Waals surface area contributed by atoms with Crippen LogP contribution in [0, 0.1) is 0 Å². The Kier molecular flexibility index (Phi) is 5.62. The number of hydrogen-bond acceptors (Lipinski definition) is 2. The first-order chi connectivity index (χ1) is 8.13. The van der Waals surface area contributed by atoms with E-state index in [9.17, 15) is 4.79 Å². The molecule has 0 aliphatic rings. The van der Waals surface area contributed by atoms with E-state index < -0.39 is 0 Å². The van der Waals surface area contributed by atoms with Gasteiger partial charge in [-0.2, -0.15) is 5.10 Å². The van der Waals surface area contributed by atoms with E-state index in [4.69, 9.17) is 0 Å². The second-order valence-electron chi connectivity index (χ2n) is 3.83. The minimum atomic E-state index is 0.129. The highest BCUT2D eigenvalue weighted by molar-refractivity contribution is 9.10. The Bertz CT molecular complexity index is 421. The van der Waals surface area contributed by atoms with Gasteiger partial charge in [0, 0.05) is 6.54 Å². The number of nitrogens with zero attached hydrogens (tertiary/aromatic N) is 2. The van der Waals surface area contributed by atoms with Crippen LogP contribution in [0.2, 0.25) is 0 Å². The monoisotopic (exact) mass is 298 g/mol. The minimum Gasteiger partial charge on any atom is -0.294 e. The highest BCUT2D eigenvalue weighted by atomic mass is 79.9. The summed E-state index contributed by atoms with van der Waals surface area (Å²) in [4.78, 5) is 11.7. The zero-order chi connectivity index (χ0) is 12.8. The van der Waals surface area contributed by atoms with Crippen molar-refractivity contribution in [3.63, 3.8) is 0 Å². The topological polar surface area (TPSA) is 34.9 Å². The average Bonchev–Trinajstić information content (AvgIpc) is 2.63. The lowest BCUT2D eigenvalue weighted by Crippen LogP contribution is -2.08. The molecule has 4 heteroatoms. The van der Waals surface area contributed by atoms with E-state index in [1.807, 2.05) is 24.6 Å². The van der Waals surface area contributed by atoms with E-state index in [1.165, 1.54) is 0 Å². The summed E-state index contributed by atoms with van der Waals surface area (Å²) < 4.78 is 2.89. The lowest BCUT2D eigenvalue weighted by molar-refractivity contribution is -0.114. The molecule has 17 heavy (non-hydrogen) atoms. The standard InChI is InChI=1S/C13H19BrN2O/c1-4-7-8-10(17)9-12-13(14)11(5-2)15-16(12)6-3/h7-8H,4-6,9H2,1-3H3/b8-7+. The van der Waals surface area contributed by atoms with Gasteiger partial charge >= 0.3 is 0 Å². The molecular formula is C13H19BrN2O. The molecule has 0 N–H and O–H groups in total. The van der Waals surface area contributed by atoms with Crippen molar-refractivity contribution in [3.8, 4) is 0 Å². The lowest BCUT2D eigenvalue weighted by atomic mass is 10.2. The lowest BCUT2D eigenvalue weighted by Gasteiger charge is -2.02. The molecule has 0 unspecified atom stereocenters. The smallest absolute Gasteiger partial charge is 0.161 e. The van der Waals surface area contributed by atoms with Crippen molar-refractivity contribution in [3.05, 3.63) is 28.0 Å². The van der Waals surface area contributed by atoms with Gasteiger partial charge in [0.15, 0.2) is 5.78 Å². The summed E-state index contributed by atoms with van der Waals surface area (Å²) in [6.45, 7) is 6.91. The van der Waals surface area contributed by atoms with Gasteiger partial charge in [-0.3, -0.25) is 9.48 Å². The van der Waals surface area contributed by atoms with Crippen LogP contribution in [-0.2, 0) is 24.2 Å². The first kappa shape index (κ1) is 14.2. The molecule has 0 saturated carbocycles. The molecular weight excluding hydrogens is 280 g/mol. The Hall–Kier alpha value is -0.900. The zero-order valence-corrected chi connectivity index (χ0v) is 12.2. The van der Waals surface area contributed by atoms with Crippen LogP contribution < -0.4 is 0 Å². The number of allylic oxidation sites excluding steroid dienone is 2. The summed E-state index contributed by atoms with van der Waals surface area (Å²) >= 11 is 3.54. The predicted molar refractivity (Wildman–Crippen MR) is 73.1 cm³/mol. The van der Waals surface area contributed by atoms with E-state index in [0.717, 1.165) is 35.2 Å². The number of aryl methyl sites for hydroxylation is 2. The zero-order valence-electron chi connectivity index (χ0n) is 10.7. The van der Waals surface area contributed by atoms with E-state index in [0.29, 0.717) is 6.42 Å². The summed E-state index contributed by atoms with van der Waals surface area (Å²) in [5, 5.41) is 4.47. The van der Waals surface area contributed by atoms with Crippen LogP contribution in [-0.4, -0.2) is 15.6 Å². The van der Waals surface area contributed by atoms with Crippen LogP contribution in [0.25, 0.3) is 0 Å². The Balaban J connectivity index is 2.93. The maximum Gasteiger partial charge on any atom is 0.161 e. The molecule has 0 aliphatic heterocycles. The summed E-state index contributed by atoms with van der Waals surface area (Å²) in [6, 6.07) is 0. The van der Waals surface area contributed by atoms with Gasteiger partial charge in [-0.25, -0.2) is 0 Å². The molecule has 0 amide bonds. The molecule has 0 aromatic carbocycles. The maximum absolute atomic E-state index is 11.7. The van der Waals surface area contributed by atoms with Crippen molar-refractivity contribution >= 4 is 21.7 Å². The molecule has 0 atom stereocenters. The maximum atomic E-state index is 11.7. The summed E-state index contributed by atoms with van der Waals surface area (Å²) in [5.41, 5.74) is 2.00. The second kappa shape index (κ2) is 6.74. The molecule has 0 bridgehead atoms. The van der Waals surface area contributed by atoms with Crippen molar-refractivity contribution in [2.75, 3.05) is 0 Å². The highest BCUT2D eigenvalue weighted by Gasteiger charge is 2.15. The summed E-state index contributed by atoms with van der Waals surface area (Å²) in [6.07, 6.45) is 5.73. The van der Waals surface area contributed by atoms with Crippen molar-refractivity contribution in [2.45, 2.75) is 46.6 Å². The van der Waals surface area contributed by atoms with Crippen LogP contribution in [0.15, 0.2) is 16.6 Å². The number of hydrogen-bond donors (Lipinski definition) is 0. The van der Waals surface area contributed by atoms with Gasteiger partial charge in [0.2, 0.25) is 0 Å². The third kappa shape index (κ3) is 3.53. The molecule has 0 aliphatic carbocycles. The van der Waals surface area contributed by atoms with Gasteiger partial charge in [0.25, 0.3) is 0 Å². The number of aromatic nitrogens is 2. The van der Waals surface area contributed by atoms with Crippen molar-refractivity contribution in [1.82, 2.24) is 9.78 Å². The van der Waals surface area contributed by atoms with Gasteiger partial charge < -0.3 is 0 Å². The van der Waals surface area contributed by atoms with Crippen molar-refractivity contribution in [2.24, 2.45) is 0 Å². The number of ketones is 1. The summed E-state index contributed by atoms with van der Waals surface area (Å²) in [7, 11) is 0. The molecule has 1 rings (SSSR count).